The molecule has 3 rings (SSSR count). The molecule has 1 amide bonds. The fourth-order valence-electron chi connectivity index (χ4n) is 4.18. The molecule has 29 heavy (non-hydrogen) atoms. The number of carbonyl (C=O) groups is 1. The van der Waals surface area contributed by atoms with Crippen molar-refractivity contribution in [3.05, 3.63) is 35.9 Å². The molecule has 1 aromatic carbocycles. The first kappa shape index (κ1) is 21.6. The van der Waals surface area contributed by atoms with Crippen molar-refractivity contribution in [1.82, 2.24) is 20.4 Å². The lowest BCUT2D eigenvalue weighted by atomic mass is 10.1. The van der Waals surface area contributed by atoms with Gasteiger partial charge >= 0.3 is 0 Å². The van der Waals surface area contributed by atoms with Gasteiger partial charge in [0.1, 0.15) is 0 Å². The van der Waals surface area contributed by atoms with Crippen LogP contribution in [-0.2, 0) is 11.2 Å². The monoisotopic (exact) mass is 399 g/mol. The summed E-state index contributed by atoms with van der Waals surface area (Å²) < 4.78 is 0. The standard InChI is InChI=1S/C23H37N5O/c1-2-24-23(25-13-7-15-28-14-6-10-22(28)29)26-18-21-12-17-27(19-21)16-11-20-8-4-3-5-9-20/h3-5,8-9,21H,2,6-7,10-19H2,1H3,(H2,24,25,26). The SMILES string of the molecule is CCNC(=NCC1CCN(CCc2ccccc2)C1)NCCCN1CCCC1=O. The van der Waals surface area contributed by atoms with E-state index >= 15 is 0 Å². The Labute approximate surface area is 175 Å². The van der Waals surface area contributed by atoms with Gasteiger partial charge in [0.15, 0.2) is 5.96 Å². The minimum absolute atomic E-state index is 0.309. The molecule has 0 aromatic heterocycles. The van der Waals surface area contributed by atoms with E-state index in [1.807, 2.05) is 4.90 Å². The summed E-state index contributed by atoms with van der Waals surface area (Å²) in [6.07, 6.45) is 5.06. The number of likely N-dealkylation sites (tertiary alicyclic amines) is 2. The number of carbonyl (C=O) groups excluding carboxylic acids is 1. The van der Waals surface area contributed by atoms with Crippen molar-refractivity contribution in [2.45, 2.75) is 39.0 Å². The molecular weight excluding hydrogens is 362 g/mol. The summed E-state index contributed by atoms with van der Waals surface area (Å²) in [5.74, 6) is 1.86. The third-order valence-electron chi connectivity index (χ3n) is 5.85. The largest absolute Gasteiger partial charge is 0.357 e. The highest BCUT2D eigenvalue weighted by molar-refractivity contribution is 5.79. The fourth-order valence-corrected chi connectivity index (χ4v) is 4.18. The van der Waals surface area contributed by atoms with E-state index in [9.17, 15) is 4.79 Å². The molecule has 2 saturated heterocycles. The minimum Gasteiger partial charge on any atom is -0.357 e. The highest BCUT2D eigenvalue weighted by atomic mass is 16.2. The number of aliphatic imine (C=N–C) groups is 1. The molecule has 2 heterocycles. The van der Waals surface area contributed by atoms with Gasteiger partial charge in [-0.2, -0.15) is 0 Å². The van der Waals surface area contributed by atoms with Crippen molar-refractivity contribution in [3.8, 4) is 0 Å². The maximum atomic E-state index is 11.7. The summed E-state index contributed by atoms with van der Waals surface area (Å²) in [4.78, 5) is 21.0. The quantitative estimate of drug-likeness (QED) is 0.359. The molecule has 1 atom stereocenters. The van der Waals surface area contributed by atoms with E-state index in [0.29, 0.717) is 11.8 Å². The topological polar surface area (TPSA) is 60.0 Å². The average molecular weight is 400 g/mol. The molecule has 160 valence electrons. The second-order valence-electron chi connectivity index (χ2n) is 8.18. The van der Waals surface area contributed by atoms with Crippen LogP contribution in [0.2, 0.25) is 0 Å². The Morgan fingerprint density at radius 2 is 2.03 bits per heavy atom. The molecule has 2 aliphatic heterocycles. The lowest BCUT2D eigenvalue weighted by Gasteiger charge is -2.17. The summed E-state index contributed by atoms with van der Waals surface area (Å²) in [5, 5.41) is 6.78. The lowest BCUT2D eigenvalue weighted by Crippen LogP contribution is -2.39. The first-order chi connectivity index (χ1) is 14.2. The van der Waals surface area contributed by atoms with Gasteiger partial charge in [-0.1, -0.05) is 30.3 Å². The van der Waals surface area contributed by atoms with Gasteiger partial charge in [0.2, 0.25) is 5.91 Å². The van der Waals surface area contributed by atoms with Gasteiger partial charge in [-0.3, -0.25) is 9.79 Å². The van der Waals surface area contributed by atoms with E-state index in [1.54, 1.807) is 0 Å². The maximum Gasteiger partial charge on any atom is 0.222 e. The number of nitrogens with one attached hydrogen (secondary N) is 2. The predicted octanol–water partition coefficient (Wildman–Crippen LogP) is 2.12. The van der Waals surface area contributed by atoms with E-state index in [2.05, 4.69) is 52.8 Å². The number of guanidine groups is 1. The van der Waals surface area contributed by atoms with Crippen LogP contribution >= 0.6 is 0 Å². The zero-order chi connectivity index (χ0) is 20.3. The van der Waals surface area contributed by atoms with Crippen molar-refractivity contribution in [2.75, 3.05) is 52.4 Å². The average Bonchev–Trinajstić information content (AvgIpc) is 3.37. The van der Waals surface area contributed by atoms with Crippen LogP contribution in [-0.4, -0.2) is 74.0 Å². The molecule has 0 aliphatic carbocycles. The van der Waals surface area contributed by atoms with Crippen molar-refractivity contribution < 1.29 is 4.79 Å². The minimum atomic E-state index is 0.309. The number of hydrogen-bond donors (Lipinski definition) is 2. The Kier molecular flexibility index (Phi) is 8.81. The van der Waals surface area contributed by atoms with Gasteiger partial charge in [-0.15, -0.1) is 0 Å². The Bertz CT molecular complexity index is 648. The number of benzene rings is 1. The summed E-state index contributed by atoms with van der Waals surface area (Å²) in [6.45, 7) is 9.93. The normalized spacial score (nSPS) is 20.4. The highest BCUT2D eigenvalue weighted by Crippen LogP contribution is 2.17. The van der Waals surface area contributed by atoms with Gasteiger partial charge < -0.3 is 20.4 Å². The van der Waals surface area contributed by atoms with Crippen molar-refractivity contribution in [3.63, 3.8) is 0 Å². The van der Waals surface area contributed by atoms with Crippen molar-refractivity contribution in [2.24, 2.45) is 10.9 Å². The number of nitrogens with zero attached hydrogens (tertiary/aromatic N) is 3. The number of rotatable bonds is 10. The summed E-state index contributed by atoms with van der Waals surface area (Å²) in [5.41, 5.74) is 1.42. The molecule has 0 saturated carbocycles. The summed E-state index contributed by atoms with van der Waals surface area (Å²) >= 11 is 0. The van der Waals surface area contributed by atoms with E-state index in [0.717, 1.165) is 77.5 Å². The second kappa shape index (κ2) is 11.8. The molecule has 2 fully saturated rings. The molecule has 1 aromatic rings. The van der Waals surface area contributed by atoms with Crippen LogP contribution < -0.4 is 10.6 Å². The van der Waals surface area contributed by atoms with Crippen LogP contribution in [0, 0.1) is 5.92 Å². The fraction of sp³-hybridized carbons (Fsp3) is 0.652. The van der Waals surface area contributed by atoms with E-state index in [-0.39, 0.29) is 0 Å². The van der Waals surface area contributed by atoms with Gasteiger partial charge in [0.05, 0.1) is 0 Å². The predicted molar refractivity (Wildman–Crippen MR) is 119 cm³/mol. The van der Waals surface area contributed by atoms with Gasteiger partial charge in [-0.05, 0) is 50.6 Å². The molecule has 0 spiro atoms. The van der Waals surface area contributed by atoms with Gasteiger partial charge in [-0.25, -0.2) is 0 Å². The molecule has 6 nitrogen and oxygen atoms in total. The molecule has 0 radical (unpaired) electrons. The van der Waals surface area contributed by atoms with Crippen LogP contribution in [0.1, 0.15) is 38.2 Å². The Morgan fingerprint density at radius 3 is 2.79 bits per heavy atom. The maximum absolute atomic E-state index is 11.7. The zero-order valence-electron chi connectivity index (χ0n) is 17.9. The lowest BCUT2D eigenvalue weighted by molar-refractivity contribution is -0.127. The molecule has 6 heteroatoms. The molecule has 2 aliphatic rings. The second-order valence-corrected chi connectivity index (χ2v) is 8.18. The third-order valence-corrected chi connectivity index (χ3v) is 5.85. The molecule has 0 bridgehead atoms. The Morgan fingerprint density at radius 1 is 1.17 bits per heavy atom. The smallest absolute Gasteiger partial charge is 0.222 e. The molecule has 2 N–H and O–H groups in total. The van der Waals surface area contributed by atoms with Crippen LogP contribution in [0.15, 0.2) is 35.3 Å². The third kappa shape index (κ3) is 7.35. The van der Waals surface area contributed by atoms with Crippen LogP contribution in [0.4, 0.5) is 0 Å². The molecular formula is C23H37N5O. The van der Waals surface area contributed by atoms with Crippen molar-refractivity contribution >= 4 is 11.9 Å². The van der Waals surface area contributed by atoms with Gasteiger partial charge in [0, 0.05) is 52.2 Å². The van der Waals surface area contributed by atoms with Crippen LogP contribution in [0.5, 0.6) is 0 Å². The first-order valence-corrected chi connectivity index (χ1v) is 11.3. The number of amides is 1. The highest BCUT2D eigenvalue weighted by Gasteiger charge is 2.22. The zero-order valence-corrected chi connectivity index (χ0v) is 17.9. The van der Waals surface area contributed by atoms with E-state index in [1.165, 1.54) is 18.5 Å². The first-order valence-electron chi connectivity index (χ1n) is 11.3. The molecule has 1 unspecified atom stereocenters. The summed E-state index contributed by atoms with van der Waals surface area (Å²) in [6, 6.07) is 10.7. The Hall–Kier alpha value is -2.08. The van der Waals surface area contributed by atoms with Crippen LogP contribution in [0.3, 0.4) is 0 Å². The van der Waals surface area contributed by atoms with E-state index < -0.39 is 0 Å². The van der Waals surface area contributed by atoms with Crippen molar-refractivity contribution in [1.29, 1.82) is 0 Å². The number of hydrogen-bond acceptors (Lipinski definition) is 3. The van der Waals surface area contributed by atoms with Crippen LogP contribution in [0.25, 0.3) is 0 Å². The summed E-state index contributed by atoms with van der Waals surface area (Å²) in [7, 11) is 0. The Balaban J connectivity index is 1.34. The van der Waals surface area contributed by atoms with E-state index in [4.69, 9.17) is 4.99 Å². The van der Waals surface area contributed by atoms with Gasteiger partial charge in [0.25, 0.3) is 0 Å².